The van der Waals surface area contributed by atoms with Crippen LogP contribution in [-0.4, -0.2) is 47.8 Å². The van der Waals surface area contributed by atoms with Crippen molar-refractivity contribution in [2.24, 2.45) is 0 Å². The number of anilines is 1. The lowest BCUT2D eigenvalue weighted by molar-refractivity contribution is 0.261. The van der Waals surface area contributed by atoms with Gasteiger partial charge in [0, 0.05) is 38.4 Å². The monoisotopic (exact) mass is 366 g/mol. The summed E-state index contributed by atoms with van der Waals surface area (Å²) in [5, 5.41) is 9.55. The molecule has 1 saturated heterocycles. The number of thiophene rings is 1. The molecule has 0 saturated carbocycles. The van der Waals surface area contributed by atoms with Crippen molar-refractivity contribution in [1.82, 2.24) is 15.1 Å². The van der Waals surface area contributed by atoms with Crippen molar-refractivity contribution in [3.63, 3.8) is 0 Å². The van der Waals surface area contributed by atoms with Gasteiger partial charge in [0.05, 0.1) is 16.8 Å². The van der Waals surface area contributed by atoms with Gasteiger partial charge >= 0.3 is 0 Å². The number of hydrogen-bond acceptors (Lipinski definition) is 4. The SMILES string of the molecule is Cc1cccc(N2CCN(CCc3cn[nH]c3-c3cccs3)CC2)c1C. The molecule has 0 radical (unpaired) electrons. The molecule has 1 aliphatic heterocycles. The molecule has 2 aromatic heterocycles. The number of piperazine rings is 1. The average Bonchev–Trinajstić information content (AvgIpc) is 3.34. The van der Waals surface area contributed by atoms with E-state index in [1.54, 1.807) is 11.3 Å². The Bertz CT molecular complexity index is 845. The summed E-state index contributed by atoms with van der Waals surface area (Å²) < 4.78 is 0. The van der Waals surface area contributed by atoms with Gasteiger partial charge in [0.1, 0.15) is 0 Å². The Morgan fingerprint density at radius 1 is 1.08 bits per heavy atom. The molecule has 0 spiro atoms. The molecule has 26 heavy (non-hydrogen) atoms. The Hall–Kier alpha value is -2.11. The van der Waals surface area contributed by atoms with E-state index >= 15 is 0 Å². The highest BCUT2D eigenvalue weighted by atomic mass is 32.1. The summed E-state index contributed by atoms with van der Waals surface area (Å²) in [5.41, 5.74) is 6.71. The van der Waals surface area contributed by atoms with E-state index in [1.165, 1.54) is 32.9 Å². The van der Waals surface area contributed by atoms with E-state index in [9.17, 15) is 0 Å². The van der Waals surface area contributed by atoms with Gasteiger partial charge in [-0.05, 0) is 54.5 Å². The van der Waals surface area contributed by atoms with E-state index in [-0.39, 0.29) is 0 Å². The number of rotatable bonds is 5. The zero-order chi connectivity index (χ0) is 17.9. The van der Waals surface area contributed by atoms with Crippen LogP contribution in [0.25, 0.3) is 10.6 Å². The third-order valence-electron chi connectivity index (χ3n) is 5.47. The van der Waals surface area contributed by atoms with E-state index in [0.717, 1.165) is 39.1 Å². The summed E-state index contributed by atoms with van der Waals surface area (Å²) in [4.78, 5) is 6.39. The molecule has 0 unspecified atom stereocenters. The largest absolute Gasteiger partial charge is 0.369 e. The van der Waals surface area contributed by atoms with Crippen molar-refractivity contribution in [2.45, 2.75) is 20.3 Å². The molecule has 0 atom stereocenters. The number of benzene rings is 1. The summed E-state index contributed by atoms with van der Waals surface area (Å²) in [5.74, 6) is 0. The highest BCUT2D eigenvalue weighted by Gasteiger charge is 2.19. The third kappa shape index (κ3) is 3.55. The number of nitrogens with zero attached hydrogens (tertiary/aromatic N) is 3. The predicted molar refractivity (Wildman–Crippen MR) is 110 cm³/mol. The van der Waals surface area contributed by atoms with Crippen LogP contribution < -0.4 is 4.90 Å². The van der Waals surface area contributed by atoms with Crippen LogP contribution in [0.3, 0.4) is 0 Å². The fraction of sp³-hybridized carbons (Fsp3) is 0.381. The van der Waals surface area contributed by atoms with E-state index in [4.69, 9.17) is 0 Å². The van der Waals surface area contributed by atoms with Crippen molar-refractivity contribution in [1.29, 1.82) is 0 Å². The van der Waals surface area contributed by atoms with Crippen LogP contribution in [0.4, 0.5) is 5.69 Å². The topological polar surface area (TPSA) is 35.2 Å². The third-order valence-corrected chi connectivity index (χ3v) is 6.36. The van der Waals surface area contributed by atoms with Gasteiger partial charge in [-0.15, -0.1) is 11.3 Å². The number of aromatic amines is 1. The molecule has 4 rings (SSSR count). The molecule has 1 fully saturated rings. The lowest BCUT2D eigenvalue weighted by atomic mass is 10.1. The average molecular weight is 367 g/mol. The van der Waals surface area contributed by atoms with Crippen LogP contribution in [-0.2, 0) is 6.42 Å². The molecule has 136 valence electrons. The number of aryl methyl sites for hydroxylation is 1. The molecule has 3 heterocycles. The first-order chi connectivity index (χ1) is 12.7. The van der Waals surface area contributed by atoms with Gasteiger partial charge in [0.2, 0.25) is 0 Å². The highest BCUT2D eigenvalue weighted by molar-refractivity contribution is 7.13. The van der Waals surface area contributed by atoms with E-state index in [1.807, 2.05) is 6.20 Å². The first kappa shape index (κ1) is 17.3. The molecule has 1 aliphatic rings. The zero-order valence-corrected chi connectivity index (χ0v) is 16.4. The molecule has 4 nitrogen and oxygen atoms in total. The Labute approximate surface area is 159 Å². The van der Waals surface area contributed by atoms with Crippen molar-refractivity contribution in [2.75, 3.05) is 37.6 Å². The maximum Gasteiger partial charge on any atom is 0.0782 e. The van der Waals surface area contributed by atoms with Gasteiger partial charge in [-0.2, -0.15) is 5.10 Å². The lowest BCUT2D eigenvalue weighted by Gasteiger charge is -2.37. The minimum atomic E-state index is 1.05. The van der Waals surface area contributed by atoms with E-state index in [0.29, 0.717) is 0 Å². The van der Waals surface area contributed by atoms with Gasteiger partial charge < -0.3 is 4.90 Å². The lowest BCUT2D eigenvalue weighted by Crippen LogP contribution is -2.47. The first-order valence-corrected chi connectivity index (χ1v) is 10.2. The Kier molecular flexibility index (Phi) is 5.09. The summed E-state index contributed by atoms with van der Waals surface area (Å²) in [7, 11) is 0. The standard InChI is InChI=1S/C21H26N4S/c1-16-5-3-6-19(17(16)2)25-12-10-24(11-13-25)9-8-18-15-22-23-21(18)20-7-4-14-26-20/h3-7,14-15H,8-13H2,1-2H3,(H,22,23). The van der Waals surface area contributed by atoms with Crippen molar-refractivity contribution < 1.29 is 0 Å². The number of aromatic nitrogens is 2. The second-order valence-electron chi connectivity index (χ2n) is 7.05. The van der Waals surface area contributed by atoms with Crippen LogP contribution in [0.5, 0.6) is 0 Å². The van der Waals surface area contributed by atoms with Crippen LogP contribution in [0, 0.1) is 13.8 Å². The normalized spacial score (nSPS) is 15.5. The van der Waals surface area contributed by atoms with Gasteiger partial charge in [0.25, 0.3) is 0 Å². The second-order valence-corrected chi connectivity index (χ2v) is 7.99. The van der Waals surface area contributed by atoms with Crippen LogP contribution >= 0.6 is 11.3 Å². The van der Waals surface area contributed by atoms with Gasteiger partial charge in [-0.3, -0.25) is 10.00 Å². The van der Waals surface area contributed by atoms with Crippen molar-refractivity contribution in [3.8, 4) is 10.6 Å². The van der Waals surface area contributed by atoms with Crippen molar-refractivity contribution >= 4 is 17.0 Å². The van der Waals surface area contributed by atoms with Crippen molar-refractivity contribution in [3.05, 3.63) is 58.6 Å². The van der Waals surface area contributed by atoms with Crippen LogP contribution in [0.15, 0.2) is 41.9 Å². The zero-order valence-electron chi connectivity index (χ0n) is 15.5. The second kappa shape index (κ2) is 7.64. The summed E-state index contributed by atoms with van der Waals surface area (Å²) >= 11 is 1.77. The molecule has 5 heteroatoms. The van der Waals surface area contributed by atoms with E-state index in [2.05, 4.69) is 69.6 Å². The summed E-state index contributed by atoms with van der Waals surface area (Å²) in [6.45, 7) is 9.99. The Balaban J connectivity index is 1.34. The minimum Gasteiger partial charge on any atom is -0.369 e. The maximum atomic E-state index is 4.27. The molecule has 3 aromatic rings. The molecular weight excluding hydrogens is 340 g/mol. The van der Waals surface area contributed by atoms with Gasteiger partial charge in [0.15, 0.2) is 0 Å². The molecule has 1 N–H and O–H groups in total. The summed E-state index contributed by atoms with van der Waals surface area (Å²) in [6, 6.07) is 10.9. The molecule has 1 aromatic carbocycles. The predicted octanol–water partition coefficient (Wildman–Crippen LogP) is 4.12. The molecule has 0 aliphatic carbocycles. The minimum absolute atomic E-state index is 1.05. The molecule has 0 amide bonds. The quantitative estimate of drug-likeness (QED) is 0.738. The summed E-state index contributed by atoms with van der Waals surface area (Å²) in [6.07, 6.45) is 3.04. The number of hydrogen-bond donors (Lipinski definition) is 1. The molecular formula is C21H26N4S. The van der Waals surface area contributed by atoms with Gasteiger partial charge in [-0.1, -0.05) is 18.2 Å². The smallest absolute Gasteiger partial charge is 0.0782 e. The van der Waals surface area contributed by atoms with Crippen LogP contribution in [0.2, 0.25) is 0 Å². The van der Waals surface area contributed by atoms with E-state index < -0.39 is 0 Å². The fourth-order valence-electron chi connectivity index (χ4n) is 3.70. The molecule has 0 bridgehead atoms. The highest BCUT2D eigenvalue weighted by Crippen LogP contribution is 2.27. The maximum absolute atomic E-state index is 4.27. The van der Waals surface area contributed by atoms with Crippen LogP contribution in [0.1, 0.15) is 16.7 Å². The Morgan fingerprint density at radius 3 is 2.69 bits per heavy atom. The first-order valence-electron chi connectivity index (χ1n) is 9.32. The number of nitrogens with one attached hydrogen (secondary N) is 1. The fourth-order valence-corrected chi connectivity index (χ4v) is 4.46. The Morgan fingerprint density at radius 2 is 1.92 bits per heavy atom. The van der Waals surface area contributed by atoms with Gasteiger partial charge in [-0.25, -0.2) is 0 Å². The number of H-pyrrole nitrogens is 1.